The van der Waals surface area contributed by atoms with Crippen LogP contribution >= 0.6 is 27.7 Å². The Morgan fingerprint density at radius 2 is 2.00 bits per heavy atom. The number of thioether (sulfide) groups is 1. The largest absolute Gasteiger partial charge is 0.343 e. The maximum Gasteiger partial charge on any atom is 0.257 e. The van der Waals surface area contributed by atoms with Gasteiger partial charge in [0.2, 0.25) is 0 Å². The molecule has 0 bridgehead atoms. The first kappa shape index (κ1) is 17.5. The van der Waals surface area contributed by atoms with E-state index >= 15 is 0 Å². The van der Waals surface area contributed by atoms with Crippen LogP contribution < -0.4 is 10.9 Å². The van der Waals surface area contributed by atoms with E-state index in [1.54, 1.807) is 0 Å². The Labute approximate surface area is 163 Å². The summed E-state index contributed by atoms with van der Waals surface area (Å²) in [5.74, 6) is 1.14. The van der Waals surface area contributed by atoms with E-state index in [1.807, 2.05) is 31.2 Å². The molecular weight excluding hydrogens is 414 g/mol. The van der Waals surface area contributed by atoms with Crippen LogP contribution in [-0.4, -0.2) is 21.5 Å². The Hall–Kier alpha value is -1.86. The molecule has 4 rings (SSSR count). The van der Waals surface area contributed by atoms with Crippen LogP contribution in [-0.2, 0) is 4.79 Å². The Morgan fingerprint density at radius 3 is 2.73 bits per heavy atom. The molecule has 0 saturated carbocycles. The summed E-state index contributed by atoms with van der Waals surface area (Å²) < 4.78 is 0.960. The number of hydrogen-bond acceptors (Lipinski definition) is 5. The van der Waals surface area contributed by atoms with E-state index in [0.29, 0.717) is 28.5 Å². The molecule has 2 heterocycles. The second kappa shape index (κ2) is 7.04. The highest BCUT2D eigenvalue weighted by Crippen LogP contribution is 2.43. The Bertz CT molecular complexity index is 966. The number of carbonyl (C=O) groups excluding carboxylic acids is 1. The van der Waals surface area contributed by atoms with Crippen molar-refractivity contribution in [3.63, 3.8) is 0 Å². The van der Waals surface area contributed by atoms with Gasteiger partial charge in [-0.1, -0.05) is 46.7 Å². The number of H-pyrrole nitrogens is 1. The fourth-order valence-electron chi connectivity index (χ4n) is 3.63. The summed E-state index contributed by atoms with van der Waals surface area (Å²) in [6.07, 6.45) is 2.16. The van der Waals surface area contributed by atoms with Crippen molar-refractivity contribution in [1.29, 1.82) is 0 Å². The molecule has 2 aliphatic rings. The van der Waals surface area contributed by atoms with Gasteiger partial charge in [0, 0.05) is 28.1 Å². The van der Waals surface area contributed by atoms with Gasteiger partial charge in [-0.3, -0.25) is 9.59 Å². The van der Waals surface area contributed by atoms with E-state index in [4.69, 9.17) is 0 Å². The highest BCUT2D eigenvalue weighted by atomic mass is 79.9. The van der Waals surface area contributed by atoms with Crippen LogP contribution in [0.25, 0.3) is 0 Å². The van der Waals surface area contributed by atoms with Crippen LogP contribution in [0.1, 0.15) is 43.2 Å². The summed E-state index contributed by atoms with van der Waals surface area (Å²) in [7, 11) is 0. The van der Waals surface area contributed by atoms with Crippen LogP contribution in [0.15, 0.2) is 50.0 Å². The monoisotopic (exact) mass is 431 g/mol. The molecule has 1 aromatic heterocycles. The summed E-state index contributed by atoms with van der Waals surface area (Å²) in [6.45, 7) is 2.02. The maximum atomic E-state index is 12.9. The molecule has 1 aromatic carbocycles. The zero-order chi connectivity index (χ0) is 18.3. The molecule has 1 aliphatic carbocycles. The number of rotatable bonds is 3. The molecule has 1 atom stereocenters. The molecule has 0 radical (unpaired) electrons. The number of aromatic nitrogens is 2. The molecule has 2 N–H and O–H groups in total. The van der Waals surface area contributed by atoms with E-state index in [-0.39, 0.29) is 17.3 Å². The van der Waals surface area contributed by atoms with Crippen molar-refractivity contribution in [3.05, 3.63) is 61.5 Å². The number of ketones is 1. The van der Waals surface area contributed by atoms with E-state index in [1.165, 1.54) is 11.8 Å². The van der Waals surface area contributed by atoms with Gasteiger partial charge in [-0.15, -0.1) is 0 Å². The van der Waals surface area contributed by atoms with Crippen molar-refractivity contribution in [2.75, 3.05) is 11.1 Å². The van der Waals surface area contributed by atoms with Gasteiger partial charge < -0.3 is 10.3 Å². The number of nitrogens with zero attached hydrogens (tertiary/aromatic N) is 1. The SMILES string of the molecule is CCSc1nc2c(c(=O)[nH]1)[C@H](c1ccc(Br)cc1)C1=C(CCCC1=O)N2. The summed E-state index contributed by atoms with van der Waals surface area (Å²) in [6, 6.07) is 7.80. The molecule has 134 valence electrons. The smallest absolute Gasteiger partial charge is 0.257 e. The number of allylic oxidation sites excluding steroid dienone is 2. The second-order valence-corrected chi connectivity index (χ2v) is 8.51. The number of anilines is 1. The molecule has 1 aliphatic heterocycles. The zero-order valence-corrected chi connectivity index (χ0v) is 16.7. The van der Waals surface area contributed by atoms with Crippen LogP contribution in [0.3, 0.4) is 0 Å². The van der Waals surface area contributed by atoms with Gasteiger partial charge in [0.1, 0.15) is 5.82 Å². The van der Waals surface area contributed by atoms with Crippen molar-refractivity contribution < 1.29 is 4.79 Å². The highest BCUT2D eigenvalue weighted by Gasteiger charge is 2.37. The third-order valence-electron chi connectivity index (χ3n) is 4.72. The van der Waals surface area contributed by atoms with Gasteiger partial charge in [-0.05, 0) is 36.3 Å². The van der Waals surface area contributed by atoms with Crippen molar-refractivity contribution >= 4 is 39.3 Å². The lowest BCUT2D eigenvalue weighted by molar-refractivity contribution is -0.116. The first-order valence-electron chi connectivity index (χ1n) is 8.64. The van der Waals surface area contributed by atoms with E-state index in [2.05, 4.69) is 31.2 Å². The van der Waals surface area contributed by atoms with E-state index in [9.17, 15) is 9.59 Å². The third-order valence-corrected chi connectivity index (χ3v) is 6.00. The predicted molar refractivity (Wildman–Crippen MR) is 107 cm³/mol. The average molecular weight is 432 g/mol. The quantitative estimate of drug-likeness (QED) is 0.562. The summed E-state index contributed by atoms with van der Waals surface area (Å²) in [4.78, 5) is 33.1. The molecule has 0 spiro atoms. The minimum absolute atomic E-state index is 0.115. The zero-order valence-electron chi connectivity index (χ0n) is 14.3. The van der Waals surface area contributed by atoms with Crippen LogP contribution in [0, 0.1) is 0 Å². The van der Waals surface area contributed by atoms with Crippen LogP contribution in [0.5, 0.6) is 0 Å². The molecular formula is C19H18BrN3O2S. The van der Waals surface area contributed by atoms with Gasteiger partial charge in [-0.25, -0.2) is 4.98 Å². The van der Waals surface area contributed by atoms with Gasteiger partial charge in [0.05, 0.1) is 5.56 Å². The Morgan fingerprint density at radius 1 is 1.23 bits per heavy atom. The number of halogens is 1. The summed E-state index contributed by atoms with van der Waals surface area (Å²) >= 11 is 4.94. The summed E-state index contributed by atoms with van der Waals surface area (Å²) in [5.41, 5.74) is 2.90. The lowest BCUT2D eigenvalue weighted by atomic mass is 9.76. The number of hydrogen-bond donors (Lipinski definition) is 2. The first-order valence-corrected chi connectivity index (χ1v) is 10.4. The lowest BCUT2D eigenvalue weighted by Crippen LogP contribution is -2.32. The standard InChI is InChI=1S/C19H18BrN3O2S/c1-2-26-19-22-17-16(18(25)23-19)14(10-6-8-11(20)9-7-10)15-12(21-17)4-3-5-13(15)24/h6-9,14H,2-5H2,1H3,(H2,21,22,23,25)/t14-/m1/s1. The molecule has 2 aromatic rings. The Balaban J connectivity index is 1.94. The van der Waals surface area contributed by atoms with Gasteiger partial charge in [0.25, 0.3) is 5.56 Å². The molecule has 0 fully saturated rings. The van der Waals surface area contributed by atoms with Crippen LogP contribution in [0.4, 0.5) is 5.82 Å². The second-order valence-electron chi connectivity index (χ2n) is 6.34. The van der Waals surface area contributed by atoms with E-state index < -0.39 is 0 Å². The molecule has 0 unspecified atom stereocenters. The average Bonchev–Trinajstić information content (AvgIpc) is 2.61. The van der Waals surface area contributed by atoms with Crippen molar-refractivity contribution in [2.24, 2.45) is 0 Å². The fraction of sp³-hybridized carbons (Fsp3) is 0.316. The Kier molecular flexibility index (Phi) is 4.75. The lowest BCUT2D eigenvalue weighted by Gasteiger charge is -2.32. The number of Topliss-reactive ketones (excluding diaryl/α,β-unsaturated/α-hetero) is 1. The van der Waals surface area contributed by atoms with Gasteiger partial charge in [0.15, 0.2) is 10.9 Å². The molecule has 26 heavy (non-hydrogen) atoms. The highest BCUT2D eigenvalue weighted by molar-refractivity contribution is 9.10. The topological polar surface area (TPSA) is 74.8 Å². The van der Waals surface area contributed by atoms with Crippen molar-refractivity contribution in [2.45, 2.75) is 37.3 Å². The van der Waals surface area contributed by atoms with Crippen molar-refractivity contribution in [3.8, 4) is 0 Å². The van der Waals surface area contributed by atoms with Crippen LogP contribution in [0.2, 0.25) is 0 Å². The van der Waals surface area contributed by atoms with Gasteiger partial charge >= 0.3 is 0 Å². The minimum Gasteiger partial charge on any atom is -0.343 e. The predicted octanol–water partition coefficient (Wildman–Crippen LogP) is 4.21. The minimum atomic E-state index is -0.376. The number of aromatic amines is 1. The maximum absolute atomic E-state index is 12.9. The van der Waals surface area contributed by atoms with E-state index in [0.717, 1.165) is 34.3 Å². The third kappa shape index (κ3) is 3.03. The summed E-state index contributed by atoms with van der Waals surface area (Å²) in [5, 5.41) is 3.89. The number of fused-ring (bicyclic) bond motifs is 1. The number of carbonyl (C=O) groups is 1. The first-order chi connectivity index (χ1) is 12.6. The molecule has 0 saturated heterocycles. The van der Waals surface area contributed by atoms with Crippen molar-refractivity contribution in [1.82, 2.24) is 9.97 Å². The molecule has 5 nitrogen and oxygen atoms in total. The number of nitrogens with one attached hydrogen (secondary N) is 2. The fourth-order valence-corrected chi connectivity index (χ4v) is 4.49. The number of benzene rings is 1. The molecule has 0 amide bonds. The normalized spacial score (nSPS) is 19.0. The van der Waals surface area contributed by atoms with Gasteiger partial charge in [-0.2, -0.15) is 0 Å². The molecule has 7 heteroatoms.